The molecule has 3 rings (SSSR count). The molecule has 0 bridgehead atoms. The number of para-hydroxylation sites is 1. The third-order valence-electron chi connectivity index (χ3n) is 3.64. The van der Waals surface area contributed by atoms with Gasteiger partial charge >= 0.3 is 6.18 Å². The number of nitrogens with zero attached hydrogens (tertiary/aromatic N) is 2. The molecule has 0 unspecified atom stereocenters. The second kappa shape index (κ2) is 6.86. The van der Waals surface area contributed by atoms with Gasteiger partial charge in [-0.05, 0) is 30.3 Å². The van der Waals surface area contributed by atoms with Gasteiger partial charge in [0.05, 0.1) is 16.5 Å². The first-order valence-electron chi connectivity index (χ1n) is 7.45. The molecule has 0 saturated carbocycles. The van der Waals surface area contributed by atoms with Crippen molar-refractivity contribution >= 4 is 51.6 Å². The number of aromatic nitrogens is 2. The second-order valence-electron chi connectivity index (χ2n) is 5.58. The maximum Gasteiger partial charge on any atom is 0.418 e. The number of carbonyl (C=O) groups is 1. The van der Waals surface area contributed by atoms with E-state index in [1.165, 1.54) is 24.3 Å². The minimum atomic E-state index is -4.72. The molecule has 27 heavy (non-hydrogen) atoms. The van der Waals surface area contributed by atoms with Crippen LogP contribution in [-0.2, 0) is 6.18 Å². The molecule has 10 heteroatoms. The summed E-state index contributed by atoms with van der Waals surface area (Å²) >= 11 is 11.8. The Balaban J connectivity index is 2.31. The highest BCUT2D eigenvalue weighted by atomic mass is 35.5. The molecule has 1 N–H and O–H groups in total. The first kappa shape index (κ1) is 19.2. The van der Waals surface area contributed by atoms with E-state index in [1.807, 2.05) is 0 Å². The monoisotopic (exact) mass is 415 g/mol. The average molecular weight is 416 g/mol. The van der Waals surface area contributed by atoms with E-state index in [0.29, 0.717) is 4.57 Å². The van der Waals surface area contributed by atoms with Crippen LogP contribution in [0.3, 0.4) is 0 Å². The molecule has 0 aliphatic heterocycles. The first-order valence-corrected chi connectivity index (χ1v) is 8.20. The van der Waals surface area contributed by atoms with Crippen LogP contribution in [0.5, 0.6) is 0 Å². The lowest BCUT2D eigenvalue weighted by Gasteiger charge is -2.15. The van der Waals surface area contributed by atoms with Gasteiger partial charge in [-0.15, -0.1) is 0 Å². The summed E-state index contributed by atoms with van der Waals surface area (Å²) in [6.45, 7) is 1.10. The number of hydrogen-bond acceptors (Lipinski definition) is 4. The van der Waals surface area contributed by atoms with Gasteiger partial charge < -0.3 is 5.32 Å². The molecule has 0 atom stereocenters. The number of hydrogen-bond donors (Lipinski definition) is 1. The van der Waals surface area contributed by atoms with E-state index >= 15 is 0 Å². The van der Waals surface area contributed by atoms with Gasteiger partial charge in [0.1, 0.15) is 0 Å². The van der Waals surface area contributed by atoms with Crippen molar-refractivity contribution < 1.29 is 18.0 Å². The van der Waals surface area contributed by atoms with E-state index in [1.54, 1.807) is 0 Å². The van der Waals surface area contributed by atoms with Crippen LogP contribution in [0.1, 0.15) is 17.3 Å². The maximum absolute atomic E-state index is 13.3. The third-order valence-corrected chi connectivity index (χ3v) is 4.07. The Morgan fingerprint density at radius 3 is 2.33 bits per heavy atom. The summed E-state index contributed by atoms with van der Waals surface area (Å²) in [6.07, 6.45) is -4.72. The van der Waals surface area contributed by atoms with Gasteiger partial charge in [-0.3, -0.25) is 9.59 Å². The second-order valence-corrected chi connectivity index (χ2v) is 6.45. The van der Waals surface area contributed by atoms with E-state index in [4.69, 9.17) is 23.2 Å². The lowest BCUT2D eigenvalue weighted by atomic mass is 10.1. The number of rotatable bonds is 2. The Bertz CT molecular complexity index is 1110. The van der Waals surface area contributed by atoms with Gasteiger partial charge in [-0.2, -0.15) is 13.2 Å². The van der Waals surface area contributed by atoms with Crippen molar-refractivity contribution in [2.75, 3.05) is 5.32 Å². The maximum atomic E-state index is 13.3. The lowest BCUT2D eigenvalue weighted by Crippen LogP contribution is -2.29. The number of fused-ring (bicyclic) bond motifs is 1. The number of halogens is 5. The summed E-state index contributed by atoms with van der Waals surface area (Å²) in [6, 6.07) is 7.37. The average Bonchev–Trinajstić information content (AvgIpc) is 2.52. The van der Waals surface area contributed by atoms with E-state index in [9.17, 15) is 22.8 Å². The van der Waals surface area contributed by atoms with Crippen molar-refractivity contribution in [3.05, 3.63) is 62.4 Å². The predicted octanol–water partition coefficient (Wildman–Crippen LogP) is 5.13. The Morgan fingerprint density at radius 1 is 1.15 bits per heavy atom. The predicted molar refractivity (Wildman–Crippen MR) is 97.1 cm³/mol. The van der Waals surface area contributed by atoms with Crippen LogP contribution in [0.2, 0.25) is 10.0 Å². The summed E-state index contributed by atoms with van der Waals surface area (Å²) in [5.74, 6) is -1.10. The van der Waals surface area contributed by atoms with Gasteiger partial charge in [-0.25, -0.2) is 9.55 Å². The highest BCUT2D eigenvalue weighted by Crippen LogP contribution is 2.34. The molecule has 140 valence electrons. The minimum absolute atomic E-state index is 0.248. The van der Waals surface area contributed by atoms with Crippen molar-refractivity contribution in [3.63, 3.8) is 0 Å². The van der Waals surface area contributed by atoms with Crippen LogP contribution in [-0.4, -0.2) is 15.5 Å². The zero-order chi connectivity index (χ0) is 19.9. The Labute approximate surface area is 160 Å². The zero-order valence-corrected chi connectivity index (χ0v) is 15.1. The largest absolute Gasteiger partial charge is 0.418 e. The molecular weight excluding hydrogens is 406 g/mol. The molecule has 3 aromatic rings. The zero-order valence-electron chi connectivity index (χ0n) is 13.6. The molecule has 1 heterocycles. The summed E-state index contributed by atoms with van der Waals surface area (Å²) in [7, 11) is 0. The highest BCUT2D eigenvalue weighted by Gasteiger charge is 2.34. The van der Waals surface area contributed by atoms with Crippen molar-refractivity contribution in [2.45, 2.75) is 13.1 Å². The molecule has 0 aliphatic carbocycles. The van der Waals surface area contributed by atoms with Crippen molar-refractivity contribution in [2.24, 2.45) is 0 Å². The summed E-state index contributed by atoms with van der Waals surface area (Å²) in [4.78, 5) is 28.5. The number of nitrogens with one attached hydrogen (secondary N) is 1. The van der Waals surface area contributed by atoms with E-state index in [-0.39, 0.29) is 27.1 Å². The molecule has 0 radical (unpaired) electrons. The van der Waals surface area contributed by atoms with Gasteiger partial charge in [0.2, 0.25) is 11.9 Å². The molecule has 2 aromatic carbocycles. The van der Waals surface area contributed by atoms with Gasteiger partial charge in [0, 0.05) is 22.7 Å². The van der Waals surface area contributed by atoms with Crippen LogP contribution in [0.4, 0.5) is 24.8 Å². The van der Waals surface area contributed by atoms with Crippen molar-refractivity contribution in [1.82, 2.24) is 9.55 Å². The van der Waals surface area contributed by atoms with Crippen molar-refractivity contribution in [3.8, 4) is 0 Å². The minimum Gasteiger partial charge on any atom is -0.325 e. The van der Waals surface area contributed by atoms with Crippen molar-refractivity contribution in [1.29, 1.82) is 0 Å². The fourth-order valence-corrected chi connectivity index (χ4v) is 3.09. The number of carbonyl (C=O) groups excluding carboxylic acids is 1. The topological polar surface area (TPSA) is 64.0 Å². The van der Waals surface area contributed by atoms with Gasteiger partial charge in [0.25, 0.3) is 5.56 Å². The van der Waals surface area contributed by atoms with Crippen LogP contribution in [0, 0.1) is 0 Å². The molecular formula is C17H10Cl2F3N3O2. The molecule has 5 nitrogen and oxygen atoms in total. The Kier molecular flexibility index (Phi) is 4.88. The van der Waals surface area contributed by atoms with Crippen LogP contribution in [0.25, 0.3) is 10.9 Å². The van der Waals surface area contributed by atoms with Crippen LogP contribution in [0.15, 0.2) is 41.2 Å². The standard InChI is InChI=1S/C17H10Cl2F3N3O2/c1-8(26)25-15(27)12-3-2-4-13(17(20,21)22)14(12)24-16(25)23-11-6-9(18)5-10(19)7-11/h2-7H,1H3,(H,23,24). The quantitative estimate of drug-likeness (QED) is 0.630. The first-order chi connectivity index (χ1) is 12.6. The fourth-order valence-electron chi connectivity index (χ4n) is 2.57. The molecule has 0 spiro atoms. The summed E-state index contributed by atoms with van der Waals surface area (Å²) in [5.41, 5.74) is -2.32. The number of benzene rings is 2. The van der Waals surface area contributed by atoms with Gasteiger partial charge in [-0.1, -0.05) is 29.3 Å². The Hall–Kier alpha value is -2.58. The smallest absolute Gasteiger partial charge is 0.325 e. The number of alkyl halides is 3. The summed E-state index contributed by atoms with van der Waals surface area (Å²) < 4.78 is 40.6. The Morgan fingerprint density at radius 2 is 1.78 bits per heavy atom. The highest BCUT2D eigenvalue weighted by molar-refractivity contribution is 6.35. The SMILES string of the molecule is CC(=O)n1c(Nc2cc(Cl)cc(Cl)c2)nc2c(C(F)(F)F)cccc2c1=O. The molecule has 0 aliphatic rings. The van der Waals surface area contributed by atoms with E-state index < -0.39 is 28.7 Å². The third kappa shape index (κ3) is 3.77. The molecule has 0 fully saturated rings. The molecule has 0 saturated heterocycles. The molecule has 1 aromatic heterocycles. The van der Waals surface area contributed by atoms with E-state index in [2.05, 4.69) is 10.3 Å². The van der Waals surface area contributed by atoms with E-state index in [0.717, 1.165) is 19.1 Å². The van der Waals surface area contributed by atoms with Crippen LogP contribution >= 0.6 is 23.2 Å². The van der Waals surface area contributed by atoms with Crippen LogP contribution < -0.4 is 10.9 Å². The fraction of sp³-hybridized carbons (Fsp3) is 0.118. The number of anilines is 2. The molecule has 0 amide bonds. The normalized spacial score (nSPS) is 11.6. The van der Waals surface area contributed by atoms with Gasteiger partial charge in [0.15, 0.2) is 0 Å². The summed E-state index contributed by atoms with van der Waals surface area (Å²) in [5, 5.41) is 2.81. The lowest BCUT2D eigenvalue weighted by molar-refractivity contribution is -0.136.